The number of aryl methyl sites for hydroxylation is 1. The maximum atomic E-state index is 10.9. The third-order valence-electron chi connectivity index (χ3n) is 2.01. The second-order valence-electron chi connectivity index (χ2n) is 3.41. The van der Waals surface area contributed by atoms with Gasteiger partial charge in [-0.2, -0.15) is 0 Å². The van der Waals surface area contributed by atoms with Crippen LogP contribution in [0.5, 0.6) is 0 Å². The van der Waals surface area contributed by atoms with Crippen molar-refractivity contribution in [2.24, 2.45) is 0 Å². The number of oxazole rings is 1. The van der Waals surface area contributed by atoms with Gasteiger partial charge in [0.1, 0.15) is 11.3 Å². The summed E-state index contributed by atoms with van der Waals surface area (Å²) >= 11 is 0. The molecule has 0 unspecified atom stereocenters. The highest BCUT2D eigenvalue weighted by Crippen LogP contribution is 2.16. The number of hydrogen-bond donors (Lipinski definition) is 0. The Bertz CT molecular complexity index is 485. The Balaban J connectivity index is 2.45. The fraction of sp³-hybridized carbons (Fsp3) is 0.273. The van der Waals surface area contributed by atoms with E-state index in [-0.39, 0.29) is 5.78 Å². The fourth-order valence-corrected chi connectivity index (χ4v) is 1.49. The standard InChI is InChI=1S/C11H11NO2/c1-7(13)5-9-3-4-11-10(6-9)12-8(2)14-11/h3-4,6H,5H2,1-2H3. The van der Waals surface area contributed by atoms with Crippen molar-refractivity contribution in [3.05, 3.63) is 29.7 Å². The highest BCUT2D eigenvalue weighted by molar-refractivity contribution is 5.80. The quantitative estimate of drug-likeness (QED) is 0.727. The number of aromatic nitrogens is 1. The van der Waals surface area contributed by atoms with Gasteiger partial charge in [0.05, 0.1) is 0 Å². The lowest BCUT2D eigenvalue weighted by Gasteiger charge is -1.95. The van der Waals surface area contributed by atoms with E-state index in [4.69, 9.17) is 4.42 Å². The molecule has 0 aliphatic heterocycles. The van der Waals surface area contributed by atoms with Gasteiger partial charge in [-0.25, -0.2) is 4.98 Å². The van der Waals surface area contributed by atoms with Gasteiger partial charge in [0.15, 0.2) is 11.5 Å². The van der Waals surface area contributed by atoms with Crippen molar-refractivity contribution in [2.75, 3.05) is 0 Å². The van der Waals surface area contributed by atoms with Crippen LogP contribution in [0, 0.1) is 6.92 Å². The van der Waals surface area contributed by atoms with Crippen molar-refractivity contribution < 1.29 is 9.21 Å². The van der Waals surface area contributed by atoms with Gasteiger partial charge >= 0.3 is 0 Å². The monoisotopic (exact) mass is 189 g/mol. The maximum absolute atomic E-state index is 10.9. The van der Waals surface area contributed by atoms with Crippen LogP contribution in [-0.2, 0) is 11.2 Å². The number of fused-ring (bicyclic) bond motifs is 1. The van der Waals surface area contributed by atoms with Gasteiger partial charge in [-0.3, -0.25) is 4.79 Å². The zero-order valence-corrected chi connectivity index (χ0v) is 8.20. The smallest absolute Gasteiger partial charge is 0.192 e. The van der Waals surface area contributed by atoms with Crippen LogP contribution in [0.3, 0.4) is 0 Å². The lowest BCUT2D eigenvalue weighted by Crippen LogP contribution is -1.95. The molecule has 0 saturated heterocycles. The Labute approximate surface area is 81.7 Å². The summed E-state index contributed by atoms with van der Waals surface area (Å²) in [6.07, 6.45) is 0.460. The first-order valence-corrected chi connectivity index (χ1v) is 4.50. The highest BCUT2D eigenvalue weighted by atomic mass is 16.3. The van der Waals surface area contributed by atoms with Gasteiger partial charge in [-0.15, -0.1) is 0 Å². The second kappa shape index (κ2) is 3.25. The minimum absolute atomic E-state index is 0.157. The summed E-state index contributed by atoms with van der Waals surface area (Å²) in [6.45, 7) is 3.39. The predicted octanol–water partition coefficient (Wildman–Crippen LogP) is 2.27. The molecule has 2 rings (SSSR count). The van der Waals surface area contributed by atoms with Crippen molar-refractivity contribution >= 4 is 16.9 Å². The number of carbonyl (C=O) groups excluding carboxylic acids is 1. The summed E-state index contributed by atoms with van der Waals surface area (Å²) in [5.74, 6) is 0.810. The molecule has 0 amide bonds. The minimum Gasteiger partial charge on any atom is -0.441 e. The molecule has 0 fully saturated rings. The first-order chi connectivity index (χ1) is 6.65. The van der Waals surface area contributed by atoms with Crippen molar-refractivity contribution in [1.82, 2.24) is 4.98 Å². The van der Waals surface area contributed by atoms with Crippen LogP contribution in [0.1, 0.15) is 18.4 Å². The normalized spacial score (nSPS) is 10.7. The van der Waals surface area contributed by atoms with Gasteiger partial charge < -0.3 is 4.42 Å². The molecule has 0 atom stereocenters. The van der Waals surface area contributed by atoms with E-state index < -0.39 is 0 Å². The molecule has 0 aliphatic carbocycles. The Morgan fingerprint density at radius 1 is 1.50 bits per heavy atom. The molecule has 1 aromatic heterocycles. The zero-order chi connectivity index (χ0) is 10.1. The van der Waals surface area contributed by atoms with Gasteiger partial charge in [0.2, 0.25) is 0 Å². The maximum Gasteiger partial charge on any atom is 0.192 e. The molecule has 3 nitrogen and oxygen atoms in total. The Hall–Kier alpha value is -1.64. The fourth-order valence-electron chi connectivity index (χ4n) is 1.49. The van der Waals surface area contributed by atoms with E-state index >= 15 is 0 Å². The molecule has 3 heteroatoms. The van der Waals surface area contributed by atoms with Crippen molar-refractivity contribution in [3.8, 4) is 0 Å². The first kappa shape index (κ1) is 8.94. The average Bonchev–Trinajstić information content (AvgIpc) is 2.42. The van der Waals surface area contributed by atoms with E-state index in [9.17, 15) is 4.79 Å². The summed E-state index contributed by atoms with van der Waals surface area (Å²) < 4.78 is 5.33. The number of ketones is 1. The molecule has 2 aromatic rings. The zero-order valence-electron chi connectivity index (χ0n) is 8.20. The third-order valence-corrected chi connectivity index (χ3v) is 2.01. The molecule has 0 spiro atoms. The number of hydrogen-bond acceptors (Lipinski definition) is 3. The molecule has 0 saturated carbocycles. The Kier molecular flexibility index (Phi) is 2.08. The van der Waals surface area contributed by atoms with E-state index in [1.807, 2.05) is 25.1 Å². The number of nitrogens with zero attached hydrogens (tertiary/aromatic N) is 1. The van der Waals surface area contributed by atoms with Gasteiger partial charge in [-0.1, -0.05) is 6.07 Å². The number of carbonyl (C=O) groups is 1. The topological polar surface area (TPSA) is 43.1 Å². The minimum atomic E-state index is 0.157. The molecule has 0 bridgehead atoms. The number of benzene rings is 1. The van der Waals surface area contributed by atoms with Gasteiger partial charge in [-0.05, 0) is 24.6 Å². The van der Waals surface area contributed by atoms with Crippen LogP contribution >= 0.6 is 0 Å². The van der Waals surface area contributed by atoms with Crippen LogP contribution in [0.2, 0.25) is 0 Å². The molecule has 1 aromatic carbocycles. The molecule has 72 valence electrons. The number of rotatable bonds is 2. The van der Waals surface area contributed by atoms with Crippen LogP contribution in [0.25, 0.3) is 11.1 Å². The summed E-state index contributed by atoms with van der Waals surface area (Å²) in [4.78, 5) is 15.1. The van der Waals surface area contributed by atoms with E-state index in [1.165, 1.54) is 0 Å². The lowest BCUT2D eigenvalue weighted by molar-refractivity contribution is -0.116. The van der Waals surface area contributed by atoms with Crippen LogP contribution in [0.15, 0.2) is 22.6 Å². The summed E-state index contributed by atoms with van der Waals surface area (Å²) in [5.41, 5.74) is 2.58. The van der Waals surface area contributed by atoms with Crippen molar-refractivity contribution in [1.29, 1.82) is 0 Å². The van der Waals surface area contributed by atoms with Crippen LogP contribution in [0.4, 0.5) is 0 Å². The molecule has 14 heavy (non-hydrogen) atoms. The van der Waals surface area contributed by atoms with E-state index in [2.05, 4.69) is 4.98 Å². The molecule has 0 aliphatic rings. The van der Waals surface area contributed by atoms with Crippen LogP contribution in [-0.4, -0.2) is 10.8 Å². The average molecular weight is 189 g/mol. The van der Waals surface area contributed by atoms with E-state index in [0.29, 0.717) is 12.3 Å². The van der Waals surface area contributed by atoms with Gasteiger partial charge in [0, 0.05) is 13.3 Å². The second-order valence-corrected chi connectivity index (χ2v) is 3.41. The Morgan fingerprint density at radius 2 is 2.29 bits per heavy atom. The lowest BCUT2D eigenvalue weighted by atomic mass is 10.1. The van der Waals surface area contributed by atoms with Gasteiger partial charge in [0.25, 0.3) is 0 Å². The van der Waals surface area contributed by atoms with Crippen molar-refractivity contribution in [2.45, 2.75) is 20.3 Å². The number of Topliss-reactive ketones (excluding diaryl/α,β-unsaturated/α-hetero) is 1. The first-order valence-electron chi connectivity index (χ1n) is 4.50. The SMILES string of the molecule is CC(=O)Cc1ccc2oc(C)nc2c1. The molecular formula is C11H11NO2. The van der Waals surface area contributed by atoms with Crippen LogP contribution < -0.4 is 0 Å². The molecule has 1 heterocycles. The van der Waals surface area contributed by atoms with E-state index in [0.717, 1.165) is 16.7 Å². The summed E-state index contributed by atoms with van der Waals surface area (Å²) in [5, 5.41) is 0. The summed E-state index contributed by atoms with van der Waals surface area (Å²) in [7, 11) is 0. The van der Waals surface area contributed by atoms with Crippen molar-refractivity contribution in [3.63, 3.8) is 0 Å². The molecular weight excluding hydrogens is 178 g/mol. The Morgan fingerprint density at radius 3 is 3.00 bits per heavy atom. The third kappa shape index (κ3) is 1.66. The predicted molar refractivity (Wildman–Crippen MR) is 53.1 cm³/mol. The largest absolute Gasteiger partial charge is 0.441 e. The van der Waals surface area contributed by atoms with E-state index in [1.54, 1.807) is 6.92 Å². The summed E-state index contributed by atoms with van der Waals surface area (Å²) in [6, 6.07) is 5.65. The molecule has 0 radical (unpaired) electrons. The molecule has 0 N–H and O–H groups in total. The highest BCUT2D eigenvalue weighted by Gasteiger charge is 2.04.